The van der Waals surface area contributed by atoms with Crippen molar-refractivity contribution in [3.8, 4) is 11.5 Å². The minimum atomic E-state index is -0.603. The van der Waals surface area contributed by atoms with E-state index in [1.807, 2.05) is 76.2 Å². The van der Waals surface area contributed by atoms with Crippen molar-refractivity contribution in [3.05, 3.63) is 71.2 Å². The summed E-state index contributed by atoms with van der Waals surface area (Å²) in [5, 5.41) is 6.79. The van der Waals surface area contributed by atoms with E-state index in [0.29, 0.717) is 76.3 Å². The molecule has 0 aliphatic carbocycles. The number of para-hydroxylation sites is 1. The topological polar surface area (TPSA) is 133 Å². The van der Waals surface area contributed by atoms with Gasteiger partial charge in [0.05, 0.1) is 28.4 Å². The van der Waals surface area contributed by atoms with Crippen LogP contribution in [0.3, 0.4) is 0 Å². The second-order valence-corrected chi connectivity index (χ2v) is 15.0. The maximum Gasteiger partial charge on any atom is 0.410 e. The van der Waals surface area contributed by atoms with Gasteiger partial charge in [0.25, 0.3) is 5.91 Å². The van der Waals surface area contributed by atoms with Crippen LogP contribution in [0.1, 0.15) is 55.3 Å². The van der Waals surface area contributed by atoms with Gasteiger partial charge in [-0.15, -0.1) is 11.3 Å². The monoisotopic (exact) mass is 696 g/mol. The maximum atomic E-state index is 13.8. The van der Waals surface area contributed by atoms with Crippen LogP contribution >= 0.6 is 11.3 Å². The Morgan fingerprint density at radius 3 is 2.52 bits per heavy atom. The van der Waals surface area contributed by atoms with E-state index >= 15 is 0 Å². The summed E-state index contributed by atoms with van der Waals surface area (Å²) in [6.07, 6.45) is 3.28. The van der Waals surface area contributed by atoms with Gasteiger partial charge in [0.15, 0.2) is 0 Å². The summed E-state index contributed by atoms with van der Waals surface area (Å²) in [6, 6.07) is 16.2. The lowest BCUT2D eigenvalue weighted by Crippen LogP contribution is -2.51. The standard InChI is InChI=1S/C37H40N6O6S/c1-22-19-26(48-25-10-6-5-7-11-25)12-13-27(22)43-28-14-16-38-33-29(28)30(40-35(43)46)31(50-33)32(44)39-24-9-8-17-41(21-24)34(45)23-15-18-42(20-23)36(47)49-37(2,3)4/h5-7,10-14,16,19,23-24H,8-9,15,17-18,20-21H2,1-4H3,(H,39,44)(H,40,46)/t23-,24-/m1/s1. The summed E-state index contributed by atoms with van der Waals surface area (Å²) < 4.78 is 11.5. The van der Waals surface area contributed by atoms with Crippen LogP contribution in [-0.4, -0.2) is 76.5 Å². The number of likely N-dealkylation sites (tertiary alicyclic amines) is 2. The highest BCUT2D eigenvalue weighted by Gasteiger charge is 2.38. The van der Waals surface area contributed by atoms with Crippen LogP contribution in [-0.2, 0) is 9.53 Å². The van der Waals surface area contributed by atoms with Crippen LogP contribution < -0.4 is 20.3 Å². The summed E-state index contributed by atoms with van der Waals surface area (Å²) in [7, 11) is 0. The lowest BCUT2D eigenvalue weighted by molar-refractivity contribution is -0.136. The first kappa shape index (κ1) is 33.3. The van der Waals surface area contributed by atoms with E-state index in [1.54, 1.807) is 27.0 Å². The lowest BCUT2D eigenvalue weighted by Gasteiger charge is -2.34. The molecule has 50 heavy (non-hydrogen) atoms. The molecule has 260 valence electrons. The number of ether oxygens (including phenoxy) is 2. The number of nitrogens with zero attached hydrogens (tertiary/aromatic N) is 4. The molecule has 12 nitrogen and oxygen atoms in total. The Labute approximate surface area is 294 Å². The van der Waals surface area contributed by atoms with Crippen molar-refractivity contribution >= 4 is 62.6 Å². The number of pyridine rings is 1. The van der Waals surface area contributed by atoms with Crippen molar-refractivity contribution in [2.45, 2.75) is 58.6 Å². The predicted molar refractivity (Wildman–Crippen MR) is 191 cm³/mol. The average molecular weight is 697 g/mol. The van der Waals surface area contributed by atoms with Gasteiger partial charge in [-0.05, 0) is 88.9 Å². The third kappa shape index (κ3) is 6.69. The van der Waals surface area contributed by atoms with Crippen LogP contribution in [0.4, 0.5) is 26.7 Å². The van der Waals surface area contributed by atoms with Gasteiger partial charge >= 0.3 is 12.1 Å². The van der Waals surface area contributed by atoms with Gasteiger partial charge in [-0.3, -0.25) is 14.5 Å². The smallest absolute Gasteiger partial charge is 0.410 e. The van der Waals surface area contributed by atoms with Gasteiger partial charge < -0.3 is 29.9 Å². The largest absolute Gasteiger partial charge is 0.457 e. The molecule has 3 aliphatic rings. The molecule has 7 rings (SSSR count). The summed E-state index contributed by atoms with van der Waals surface area (Å²) in [4.78, 5) is 64.1. The Balaban J connectivity index is 1.05. The van der Waals surface area contributed by atoms with E-state index in [0.717, 1.165) is 18.4 Å². The van der Waals surface area contributed by atoms with Gasteiger partial charge in [0.2, 0.25) is 5.91 Å². The first-order valence-electron chi connectivity index (χ1n) is 16.9. The zero-order chi connectivity index (χ0) is 35.2. The van der Waals surface area contributed by atoms with Crippen LogP contribution in [0, 0.1) is 12.8 Å². The van der Waals surface area contributed by atoms with Gasteiger partial charge in [-0.1, -0.05) is 18.2 Å². The van der Waals surface area contributed by atoms with Crippen molar-refractivity contribution in [3.63, 3.8) is 0 Å². The molecule has 2 fully saturated rings. The molecule has 5 amide bonds. The number of anilines is 3. The average Bonchev–Trinajstić information content (AvgIpc) is 3.72. The number of piperidine rings is 1. The molecule has 0 saturated carbocycles. The SMILES string of the molecule is Cc1cc(Oc2ccccc2)ccc1N1C(=O)Nc2c(C(=O)N[C@@H]3CCCN(C(=O)[C@@H]4CCN(C(=O)OC(C)(C)C)C4)C3)sc3nccc1c23. The number of amides is 5. The summed E-state index contributed by atoms with van der Waals surface area (Å²) in [6.45, 7) is 9.15. The number of thiophene rings is 1. The highest BCUT2D eigenvalue weighted by molar-refractivity contribution is 7.21. The number of urea groups is 1. The van der Waals surface area contributed by atoms with Crippen LogP contribution in [0.15, 0.2) is 60.8 Å². The number of hydrogen-bond donors (Lipinski definition) is 2. The van der Waals surface area contributed by atoms with Crippen molar-refractivity contribution < 1.29 is 28.7 Å². The third-order valence-corrected chi connectivity index (χ3v) is 10.2. The Hall–Kier alpha value is -5.17. The minimum absolute atomic E-state index is 0.0110. The van der Waals surface area contributed by atoms with Crippen molar-refractivity contribution in [2.24, 2.45) is 5.92 Å². The Bertz CT molecular complexity index is 1970. The van der Waals surface area contributed by atoms with Crippen LogP contribution in [0.5, 0.6) is 11.5 Å². The van der Waals surface area contributed by atoms with Crippen LogP contribution in [0.25, 0.3) is 10.2 Å². The minimum Gasteiger partial charge on any atom is -0.457 e. The molecule has 2 aromatic carbocycles. The number of aryl methyl sites for hydroxylation is 1. The summed E-state index contributed by atoms with van der Waals surface area (Å²) in [5.41, 5.74) is 1.98. The maximum absolute atomic E-state index is 13.8. The number of nitrogens with one attached hydrogen (secondary N) is 2. The zero-order valence-corrected chi connectivity index (χ0v) is 29.3. The quantitative estimate of drug-likeness (QED) is 0.221. The fourth-order valence-electron chi connectivity index (χ4n) is 6.81. The molecule has 0 spiro atoms. The van der Waals surface area contributed by atoms with Gasteiger partial charge in [-0.2, -0.15) is 0 Å². The fraction of sp³-hybridized carbons (Fsp3) is 0.378. The molecule has 13 heteroatoms. The molecule has 2 aromatic heterocycles. The molecular weight excluding hydrogens is 657 g/mol. The fourth-order valence-corrected chi connectivity index (χ4v) is 7.83. The molecule has 5 heterocycles. The van der Waals surface area contributed by atoms with E-state index in [-0.39, 0.29) is 29.8 Å². The summed E-state index contributed by atoms with van der Waals surface area (Å²) >= 11 is 1.23. The first-order chi connectivity index (χ1) is 23.9. The van der Waals surface area contributed by atoms with Gasteiger partial charge in [-0.25, -0.2) is 14.6 Å². The second kappa shape index (κ2) is 13.3. The first-order valence-corrected chi connectivity index (χ1v) is 17.7. The van der Waals surface area contributed by atoms with Crippen LogP contribution in [0.2, 0.25) is 0 Å². The van der Waals surface area contributed by atoms with E-state index in [2.05, 4.69) is 15.6 Å². The lowest BCUT2D eigenvalue weighted by atomic mass is 10.0. The zero-order valence-electron chi connectivity index (χ0n) is 28.5. The molecule has 0 radical (unpaired) electrons. The highest BCUT2D eigenvalue weighted by atomic mass is 32.1. The highest BCUT2D eigenvalue weighted by Crippen LogP contribution is 2.46. The molecule has 0 unspecified atom stereocenters. The number of benzene rings is 2. The van der Waals surface area contributed by atoms with Gasteiger partial charge in [0, 0.05) is 38.4 Å². The third-order valence-electron chi connectivity index (χ3n) is 9.10. The number of hydrogen-bond acceptors (Lipinski definition) is 8. The molecule has 4 aromatic rings. The van der Waals surface area contributed by atoms with Crippen molar-refractivity contribution in [2.75, 3.05) is 36.4 Å². The molecule has 0 bridgehead atoms. The van der Waals surface area contributed by atoms with Gasteiger partial charge in [0.1, 0.15) is 26.8 Å². The molecule has 2 atom stereocenters. The number of aromatic nitrogens is 1. The Morgan fingerprint density at radius 2 is 1.76 bits per heavy atom. The number of carbonyl (C=O) groups excluding carboxylic acids is 4. The van der Waals surface area contributed by atoms with E-state index < -0.39 is 11.7 Å². The Kier molecular flexibility index (Phi) is 8.85. The number of rotatable bonds is 6. The molecule has 2 N–H and O–H groups in total. The second-order valence-electron chi connectivity index (χ2n) is 14.0. The summed E-state index contributed by atoms with van der Waals surface area (Å²) in [5.74, 6) is 0.732. The van der Waals surface area contributed by atoms with Crippen molar-refractivity contribution in [1.82, 2.24) is 20.1 Å². The Morgan fingerprint density at radius 1 is 0.960 bits per heavy atom. The predicted octanol–water partition coefficient (Wildman–Crippen LogP) is 7.06. The normalized spacial score (nSPS) is 19.0. The molecular formula is C37H40N6O6S. The molecule has 2 saturated heterocycles. The van der Waals surface area contributed by atoms with E-state index in [4.69, 9.17) is 9.47 Å². The van der Waals surface area contributed by atoms with Crippen molar-refractivity contribution in [1.29, 1.82) is 0 Å². The van der Waals surface area contributed by atoms with E-state index in [9.17, 15) is 19.2 Å². The molecule has 3 aliphatic heterocycles. The van der Waals surface area contributed by atoms with E-state index in [1.165, 1.54) is 11.3 Å². The number of carbonyl (C=O) groups is 4.